The van der Waals surface area contributed by atoms with Crippen molar-refractivity contribution in [2.45, 2.75) is 100 Å². The lowest BCUT2D eigenvalue weighted by molar-refractivity contribution is -0.141. The summed E-state index contributed by atoms with van der Waals surface area (Å²) < 4.78 is 45.6. The van der Waals surface area contributed by atoms with E-state index in [1.807, 2.05) is 49.4 Å². The number of ether oxygens (including phenoxy) is 3. The quantitative estimate of drug-likeness (QED) is 0.390. The number of benzene rings is 1. The van der Waals surface area contributed by atoms with Gasteiger partial charge in [-0.25, -0.2) is 18.2 Å². The van der Waals surface area contributed by atoms with E-state index >= 15 is 0 Å². The fourth-order valence-corrected chi connectivity index (χ4v) is 8.86. The van der Waals surface area contributed by atoms with Gasteiger partial charge in [0, 0.05) is 29.5 Å². The minimum absolute atomic E-state index is 0.000745. The zero-order chi connectivity index (χ0) is 37.3. The third-order valence-electron chi connectivity index (χ3n) is 10.8. The van der Waals surface area contributed by atoms with E-state index in [1.54, 1.807) is 13.3 Å². The lowest BCUT2D eigenvalue weighted by atomic mass is 10.0. The molecule has 3 N–H and O–H groups in total. The van der Waals surface area contributed by atoms with Crippen LogP contribution < -0.4 is 24.8 Å². The number of alkyl carbamates (subject to hydrolysis) is 1. The first-order valence-electron chi connectivity index (χ1n) is 18.6. The highest BCUT2D eigenvalue weighted by Gasteiger charge is 2.62. The standard InChI is InChI=1S/C38H47N5O9S/c1-23-9-8-10-25-17-29-24(18-32(25)50-2)15-16-39-34(29)52-27-19-31-33(44)41-38(36(46)42-53(48,49)28-13-14-28)20-26(38)11-6-4-3-5-7-12-30(35(45)43(31)21-27)40-37(47)51-22-23/h6,8,10-11,15-18,23,26-28,30-31H,3-5,7,9,12-14,19-22H2,1-2H3,(H,40,47)(H,41,44)(H,42,46)/b10-8+,11-6-/t23-,26+,27+,30-,31-,38+/m0/s1. The predicted octanol–water partition coefficient (Wildman–Crippen LogP) is 3.74. The summed E-state index contributed by atoms with van der Waals surface area (Å²) in [6, 6.07) is 3.59. The molecule has 5 aliphatic rings. The molecule has 3 fully saturated rings. The van der Waals surface area contributed by atoms with E-state index in [0.29, 0.717) is 50.2 Å². The molecule has 1 aromatic carbocycles. The van der Waals surface area contributed by atoms with E-state index in [-0.39, 0.29) is 31.9 Å². The second kappa shape index (κ2) is 15.0. The Bertz CT molecular complexity index is 1950. The van der Waals surface area contributed by atoms with Gasteiger partial charge in [-0.3, -0.25) is 19.1 Å². The molecule has 3 aliphatic heterocycles. The molecule has 0 unspecified atom stereocenters. The van der Waals surface area contributed by atoms with Crippen molar-refractivity contribution in [2.75, 3.05) is 20.3 Å². The largest absolute Gasteiger partial charge is 0.496 e. The lowest BCUT2D eigenvalue weighted by Gasteiger charge is -2.29. The maximum absolute atomic E-state index is 14.5. The number of carbonyl (C=O) groups excluding carboxylic acids is 4. The zero-order valence-electron chi connectivity index (χ0n) is 30.0. The summed E-state index contributed by atoms with van der Waals surface area (Å²) in [6.07, 6.45) is 13.0. The highest BCUT2D eigenvalue weighted by molar-refractivity contribution is 7.91. The van der Waals surface area contributed by atoms with Gasteiger partial charge in [0.25, 0.3) is 5.91 Å². The molecule has 4 amide bonds. The van der Waals surface area contributed by atoms with Crippen LogP contribution in [0.5, 0.6) is 11.6 Å². The van der Waals surface area contributed by atoms with Crippen LogP contribution in [0.25, 0.3) is 16.8 Å². The van der Waals surface area contributed by atoms with Gasteiger partial charge < -0.3 is 29.7 Å². The first kappa shape index (κ1) is 36.7. The maximum Gasteiger partial charge on any atom is 0.407 e. The third-order valence-corrected chi connectivity index (χ3v) is 12.6. The number of rotatable bonds is 4. The number of hydrogen-bond acceptors (Lipinski definition) is 10. The Morgan fingerprint density at radius 2 is 1.94 bits per heavy atom. The molecule has 7 rings (SSSR count). The number of allylic oxidation sites excluding steroid dienone is 2. The average Bonchev–Trinajstić information content (AvgIpc) is 4.06. The van der Waals surface area contributed by atoms with Crippen LogP contribution in [0.15, 0.2) is 42.6 Å². The van der Waals surface area contributed by atoms with Crippen LogP contribution in [0, 0.1) is 11.8 Å². The number of sulfonamides is 1. The molecule has 284 valence electrons. The van der Waals surface area contributed by atoms with Crippen molar-refractivity contribution in [1.29, 1.82) is 0 Å². The molecule has 6 atom stereocenters. The Kier molecular flexibility index (Phi) is 10.4. The molecule has 2 aromatic rings. The van der Waals surface area contributed by atoms with Crippen molar-refractivity contribution in [3.05, 3.63) is 48.2 Å². The van der Waals surface area contributed by atoms with E-state index in [0.717, 1.165) is 29.2 Å². The summed E-state index contributed by atoms with van der Waals surface area (Å²) in [5, 5.41) is 6.58. The van der Waals surface area contributed by atoms with E-state index < -0.39 is 68.7 Å². The molecule has 1 saturated heterocycles. The van der Waals surface area contributed by atoms with Crippen molar-refractivity contribution in [3.63, 3.8) is 0 Å². The SMILES string of the molecule is COc1cc2ccnc3c2cc1/C=C/C[C@H](C)COC(=O)N[C@H]1CCCCC/C=C\[C@@H]2C[C@@]2(C(=O)NS(=O)(=O)C2CC2)NC(=O)[C@@H]2C[C@H](CN2C1=O)O3. The molecule has 0 radical (unpaired) electrons. The Labute approximate surface area is 309 Å². The summed E-state index contributed by atoms with van der Waals surface area (Å²) >= 11 is 0. The second-order valence-electron chi connectivity index (χ2n) is 15.0. The summed E-state index contributed by atoms with van der Waals surface area (Å²) in [5.41, 5.74) is -0.699. The van der Waals surface area contributed by atoms with Gasteiger partial charge >= 0.3 is 6.09 Å². The van der Waals surface area contributed by atoms with Crippen LogP contribution in [0.4, 0.5) is 4.79 Å². The number of methoxy groups -OCH3 is 1. The molecule has 14 nitrogen and oxygen atoms in total. The summed E-state index contributed by atoms with van der Waals surface area (Å²) in [6.45, 7) is 2.08. The number of fused-ring (bicyclic) bond motifs is 4. The van der Waals surface area contributed by atoms with E-state index in [2.05, 4.69) is 20.3 Å². The minimum atomic E-state index is -3.88. The minimum Gasteiger partial charge on any atom is -0.496 e. The molecule has 53 heavy (non-hydrogen) atoms. The van der Waals surface area contributed by atoms with E-state index in [9.17, 15) is 27.6 Å². The van der Waals surface area contributed by atoms with Crippen molar-refractivity contribution in [2.24, 2.45) is 11.8 Å². The highest BCUT2D eigenvalue weighted by atomic mass is 32.2. The smallest absolute Gasteiger partial charge is 0.407 e. The van der Waals surface area contributed by atoms with Crippen LogP contribution in [-0.4, -0.2) is 91.4 Å². The molecule has 4 heterocycles. The van der Waals surface area contributed by atoms with Crippen molar-refractivity contribution < 1.29 is 41.8 Å². The van der Waals surface area contributed by atoms with E-state index in [1.165, 1.54) is 4.90 Å². The summed E-state index contributed by atoms with van der Waals surface area (Å²) in [5.74, 6) is -1.34. The third kappa shape index (κ3) is 7.99. The van der Waals surface area contributed by atoms with Gasteiger partial charge in [0.15, 0.2) is 0 Å². The van der Waals surface area contributed by atoms with Crippen LogP contribution in [0.1, 0.15) is 76.7 Å². The number of nitrogens with one attached hydrogen (secondary N) is 3. The van der Waals surface area contributed by atoms with E-state index in [4.69, 9.17) is 14.2 Å². The Morgan fingerprint density at radius 3 is 2.74 bits per heavy atom. The van der Waals surface area contributed by atoms with Crippen molar-refractivity contribution in [1.82, 2.24) is 25.2 Å². The monoisotopic (exact) mass is 749 g/mol. The van der Waals surface area contributed by atoms with Crippen molar-refractivity contribution >= 4 is 50.7 Å². The number of aromatic nitrogens is 1. The molecular formula is C38H47N5O9S. The highest BCUT2D eigenvalue weighted by Crippen LogP contribution is 2.46. The number of cyclic esters (lactones) is 1. The Hall–Kier alpha value is -4.66. The van der Waals surface area contributed by atoms with Gasteiger partial charge in [-0.1, -0.05) is 44.1 Å². The molecule has 5 bridgehead atoms. The molecule has 15 heteroatoms. The Balaban J connectivity index is 1.24. The second-order valence-corrected chi connectivity index (χ2v) is 16.9. The summed E-state index contributed by atoms with van der Waals surface area (Å²) in [4.78, 5) is 61.6. The van der Waals surface area contributed by atoms with Crippen LogP contribution >= 0.6 is 0 Å². The number of hydrogen-bond donors (Lipinski definition) is 3. The Morgan fingerprint density at radius 1 is 1.11 bits per heavy atom. The topological polar surface area (TPSA) is 182 Å². The normalized spacial score (nSPS) is 30.9. The number of nitrogens with zero attached hydrogens (tertiary/aromatic N) is 2. The zero-order valence-corrected chi connectivity index (χ0v) is 30.9. The van der Waals surface area contributed by atoms with Gasteiger partial charge in [-0.05, 0) is 74.4 Å². The molecule has 0 spiro atoms. The summed E-state index contributed by atoms with van der Waals surface area (Å²) in [7, 11) is -2.29. The maximum atomic E-state index is 14.5. The van der Waals surface area contributed by atoms with Crippen LogP contribution in [0.3, 0.4) is 0 Å². The fraction of sp³-hybridized carbons (Fsp3) is 0.553. The first-order valence-corrected chi connectivity index (χ1v) is 20.1. The first-order chi connectivity index (χ1) is 25.5. The van der Waals surface area contributed by atoms with Crippen LogP contribution in [-0.2, 0) is 29.1 Å². The van der Waals surface area contributed by atoms with Crippen LogP contribution in [0.2, 0.25) is 0 Å². The molecular weight excluding hydrogens is 703 g/mol. The van der Waals surface area contributed by atoms with Crippen molar-refractivity contribution in [3.8, 4) is 11.6 Å². The van der Waals surface area contributed by atoms with Gasteiger partial charge in [0.2, 0.25) is 27.7 Å². The number of pyridine rings is 1. The molecule has 2 saturated carbocycles. The molecule has 2 aliphatic carbocycles. The van der Waals surface area contributed by atoms with Gasteiger partial charge in [0.05, 0.1) is 25.5 Å². The number of amides is 4. The average molecular weight is 750 g/mol. The van der Waals surface area contributed by atoms with Gasteiger partial charge in [-0.2, -0.15) is 0 Å². The molecule has 1 aromatic heterocycles. The van der Waals surface area contributed by atoms with Gasteiger partial charge in [0.1, 0.15) is 29.5 Å². The van der Waals surface area contributed by atoms with Gasteiger partial charge in [-0.15, -0.1) is 0 Å². The predicted molar refractivity (Wildman–Crippen MR) is 195 cm³/mol. The fourth-order valence-electron chi connectivity index (χ4n) is 7.49. The number of carbonyl (C=O) groups is 4. The lowest BCUT2D eigenvalue weighted by Crippen LogP contribution is -2.58.